The average molecular weight is 482 g/mol. The lowest BCUT2D eigenvalue weighted by Crippen LogP contribution is -2.53. The van der Waals surface area contributed by atoms with Crippen LogP contribution < -0.4 is 4.90 Å². The first-order valence-electron chi connectivity index (χ1n) is 12.0. The van der Waals surface area contributed by atoms with Gasteiger partial charge in [0.05, 0.1) is 23.9 Å². The summed E-state index contributed by atoms with van der Waals surface area (Å²) in [6.07, 6.45) is 2.36. The van der Waals surface area contributed by atoms with Crippen LogP contribution in [0.1, 0.15) is 25.5 Å². The van der Waals surface area contributed by atoms with E-state index in [1.54, 1.807) is 9.47 Å². The van der Waals surface area contributed by atoms with Gasteiger partial charge in [-0.05, 0) is 24.0 Å². The number of hydrogen-bond acceptors (Lipinski definition) is 4. The molecule has 184 valence electrons. The van der Waals surface area contributed by atoms with Gasteiger partial charge in [0.15, 0.2) is 11.6 Å². The van der Waals surface area contributed by atoms with Gasteiger partial charge in [0.25, 0.3) is 0 Å². The molecule has 0 saturated carbocycles. The molecular weight excluding hydrogens is 452 g/mol. The smallest absolute Gasteiger partial charge is 0.246 e. The summed E-state index contributed by atoms with van der Waals surface area (Å²) >= 11 is 0. The molecule has 35 heavy (non-hydrogen) atoms. The molecule has 1 saturated heterocycles. The van der Waals surface area contributed by atoms with E-state index >= 15 is 0 Å². The second-order valence-corrected chi connectivity index (χ2v) is 9.62. The fraction of sp³-hybridized carbons (Fsp3) is 0.423. The van der Waals surface area contributed by atoms with Gasteiger partial charge >= 0.3 is 0 Å². The largest absolute Gasteiger partial charge is 0.338 e. The van der Waals surface area contributed by atoms with Crippen LogP contribution in [-0.4, -0.2) is 70.4 Å². The molecule has 2 aliphatic heterocycles. The number of carbonyl (C=O) groups is 2. The lowest BCUT2D eigenvalue weighted by atomic mass is 10.0. The third-order valence-electron chi connectivity index (χ3n) is 7.03. The van der Waals surface area contributed by atoms with Crippen molar-refractivity contribution in [2.24, 2.45) is 5.92 Å². The molecule has 7 nitrogen and oxygen atoms in total. The van der Waals surface area contributed by atoms with Crippen molar-refractivity contribution >= 4 is 28.5 Å². The zero-order valence-corrected chi connectivity index (χ0v) is 20.0. The van der Waals surface area contributed by atoms with E-state index in [-0.39, 0.29) is 17.7 Å². The van der Waals surface area contributed by atoms with Crippen molar-refractivity contribution in [3.05, 3.63) is 59.9 Å². The second-order valence-electron chi connectivity index (χ2n) is 9.62. The Labute approximate surface area is 202 Å². The van der Waals surface area contributed by atoms with Crippen molar-refractivity contribution in [2.45, 2.75) is 26.3 Å². The number of para-hydroxylation sites is 1. The van der Waals surface area contributed by atoms with E-state index in [0.29, 0.717) is 50.3 Å². The van der Waals surface area contributed by atoms with Crippen LogP contribution in [-0.2, 0) is 16.0 Å². The average Bonchev–Trinajstić information content (AvgIpc) is 3.44. The van der Waals surface area contributed by atoms with Crippen molar-refractivity contribution < 1.29 is 18.4 Å². The number of carbonyl (C=O) groups excluding carboxylic acids is 2. The summed E-state index contributed by atoms with van der Waals surface area (Å²) in [5, 5.41) is 0. The van der Waals surface area contributed by atoms with Crippen molar-refractivity contribution in [3.8, 4) is 0 Å². The highest BCUT2D eigenvalue weighted by atomic mass is 19.2. The molecule has 0 N–H and O–H groups in total. The van der Waals surface area contributed by atoms with Crippen molar-refractivity contribution in [2.75, 3.05) is 44.2 Å². The Hall–Kier alpha value is -3.33. The number of aromatic nitrogens is 2. The Morgan fingerprint density at radius 3 is 2.46 bits per heavy atom. The minimum Gasteiger partial charge on any atom is -0.338 e. The van der Waals surface area contributed by atoms with E-state index in [2.05, 4.69) is 16.0 Å². The predicted octanol–water partition coefficient (Wildman–Crippen LogP) is 3.25. The summed E-state index contributed by atoms with van der Waals surface area (Å²) in [5.74, 6) is -2.01. The van der Waals surface area contributed by atoms with Crippen molar-refractivity contribution in [1.29, 1.82) is 0 Å². The molecule has 0 radical (unpaired) electrons. The molecule has 3 heterocycles. The van der Waals surface area contributed by atoms with Crippen LogP contribution in [0.2, 0.25) is 0 Å². The summed E-state index contributed by atoms with van der Waals surface area (Å²) in [6, 6.07) is 9.57. The molecule has 0 spiro atoms. The normalized spacial score (nSPS) is 17.3. The predicted molar refractivity (Wildman–Crippen MR) is 129 cm³/mol. The maximum atomic E-state index is 13.9. The standard InChI is InChI=1S/C26H29F2N5O2/c1-17(2)25(33-16-29-21-13-19(27)20(28)14-23(21)33)26(35)31-11-9-30(10-12-31)15-24(34)32-8-7-18-5-3-4-6-22(18)32/h3-6,13-14,16-17,25H,7-12,15H2,1-2H3. The maximum Gasteiger partial charge on any atom is 0.246 e. The molecule has 2 amide bonds. The molecule has 2 aromatic carbocycles. The monoisotopic (exact) mass is 481 g/mol. The van der Waals surface area contributed by atoms with Crippen LogP contribution in [0.25, 0.3) is 11.0 Å². The Morgan fingerprint density at radius 1 is 1.00 bits per heavy atom. The quantitative estimate of drug-likeness (QED) is 0.562. The van der Waals surface area contributed by atoms with Crippen LogP contribution in [0.5, 0.6) is 0 Å². The van der Waals surface area contributed by atoms with Gasteiger partial charge < -0.3 is 14.4 Å². The highest BCUT2D eigenvalue weighted by Gasteiger charge is 2.33. The van der Waals surface area contributed by atoms with Crippen LogP contribution in [0, 0.1) is 17.6 Å². The molecule has 5 rings (SSSR count). The second kappa shape index (κ2) is 9.37. The van der Waals surface area contributed by atoms with E-state index < -0.39 is 17.7 Å². The first-order chi connectivity index (χ1) is 16.8. The highest BCUT2D eigenvalue weighted by Crippen LogP contribution is 2.29. The van der Waals surface area contributed by atoms with Crippen LogP contribution in [0.4, 0.5) is 14.5 Å². The number of hydrogen-bond donors (Lipinski definition) is 0. The molecule has 2 aliphatic rings. The Morgan fingerprint density at radius 2 is 1.71 bits per heavy atom. The first kappa shape index (κ1) is 23.4. The number of imidazole rings is 1. The van der Waals surface area contributed by atoms with Gasteiger partial charge in [-0.15, -0.1) is 0 Å². The third kappa shape index (κ3) is 4.40. The maximum absolute atomic E-state index is 13.9. The molecule has 3 aromatic rings. The lowest BCUT2D eigenvalue weighted by Gasteiger charge is -2.37. The van der Waals surface area contributed by atoms with E-state index in [0.717, 1.165) is 24.2 Å². The number of nitrogens with zero attached hydrogens (tertiary/aromatic N) is 5. The summed E-state index contributed by atoms with van der Waals surface area (Å²) < 4.78 is 29.2. The molecule has 1 aromatic heterocycles. The van der Waals surface area contributed by atoms with Gasteiger partial charge in [-0.3, -0.25) is 14.5 Å². The Bertz CT molecular complexity index is 1270. The third-order valence-corrected chi connectivity index (χ3v) is 7.03. The number of piperazine rings is 1. The zero-order chi connectivity index (χ0) is 24.7. The summed E-state index contributed by atoms with van der Waals surface area (Å²) in [4.78, 5) is 36.4. The SMILES string of the molecule is CC(C)C(C(=O)N1CCN(CC(=O)N2CCc3ccccc32)CC1)n1cnc2cc(F)c(F)cc21. The molecule has 0 aliphatic carbocycles. The van der Waals surface area contributed by atoms with Crippen molar-refractivity contribution in [1.82, 2.24) is 19.4 Å². The minimum atomic E-state index is -0.965. The number of amides is 2. The van der Waals surface area contributed by atoms with Gasteiger partial charge in [0, 0.05) is 50.5 Å². The highest BCUT2D eigenvalue weighted by molar-refractivity contribution is 5.96. The number of rotatable bonds is 5. The minimum absolute atomic E-state index is 0.0777. The van der Waals surface area contributed by atoms with E-state index in [1.165, 1.54) is 11.9 Å². The Kier molecular flexibility index (Phi) is 6.27. The topological polar surface area (TPSA) is 61.7 Å². The number of anilines is 1. The van der Waals surface area contributed by atoms with E-state index in [9.17, 15) is 18.4 Å². The number of halogens is 2. The van der Waals surface area contributed by atoms with Crippen LogP contribution in [0.15, 0.2) is 42.7 Å². The lowest BCUT2D eigenvalue weighted by molar-refractivity contribution is -0.138. The molecule has 1 unspecified atom stereocenters. The molecule has 1 atom stereocenters. The summed E-state index contributed by atoms with van der Waals surface area (Å²) in [6.45, 7) is 7.08. The molecule has 9 heteroatoms. The van der Waals surface area contributed by atoms with Crippen molar-refractivity contribution in [3.63, 3.8) is 0 Å². The fourth-order valence-corrected chi connectivity index (χ4v) is 5.16. The fourth-order valence-electron chi connectivity index (χ4n) is 5.16. The molecule has 0 bridgehead atoms. The van der Waals surface area contributed by atoms with Gasteiger partial charge in [-0.2, -0.15) is 0 Å². The van der Waals surface area contributed by atoms with Gasteiger partial charge in [-0.1, -0.05) is 32.0 Å². The summed E-state index contributed by atoms with van der Waals surface area (Å²) in [5.41, 5.74) is 2.90. The van der Waals surface area contributed by atoms with E-state index in [4.69, 9.17) is 0 Å². The van der Waals surface area contributed by atoms with Gasteiger partial charge in [0.1, 0.15) is 6.04 Å². The van der Waals surface area contributed by atoms with Crippen LogP contribution >= 0.6 is 0 Å². The first-order valence-corrected chi connectivity index (χ1v) is 12.0. The van der Waals surface area contributed by atoms with E-state index in [1.807, 2.05) is 36.9 Å². The van der Waals surface area contributed by atoms with Gasteiger partial charge in [-0.25, -0.2) is 13.8 Å². The number of benzene rings is 2. The van der Waals surface area contributed by atoms with Gasteiger partial charge in [0.2, 0.25) is 11.8 Å². The summed E-state index contributed by atoms with van der Waals surface area (Å²) in [7, 11) is 0. The Balaban J connectivity index is 1.24. The van der Waals surface area contributed by atoms with Crippen LogP contribution in [0.3, 0.4) is 0 Å². The molecular formula is C26H29F2N5O2. The molecule has 1 fully saturated rings. The number of fused-ring (bicyclic) bond motifs is 2. The zero-order valence-electron chi connectivity index (χ0n) is 20.0.